The first-order chi connectivity index (χ1) is 10.7. The Morgan fingerprint density at radius 2 is 1.73 bits per heavy atom. The zero-order chi connectivity index (χ0) is 15.4. The first-order valence-corrected chi connectivity index (χ1v) is 7.23. The van der Waals surface area contributed by atoms with Gasteiger partial charge < -0.3 is 15.0 Å². The molecule has 3 rings (SSSR count). The van der Waals surface area contributed by atoms with Crippen LogP contribution in [0.25, 0.3) is 0 Å². The number of ether oxygens (including phenoxy) is 1. The van der Waals surface area contributed by atoms with E-state index in [0.29, 0.717) is 5.56 Å². The number of morpholine rings is 1. The smallest absolute Gasteiger partial charge is 0.255 e. The number of carbonyl (C=O) groups is 1. The molecule has 1 fully saturated rings. The lowest BCUT2D eigenvalue weighted by atomic mass is 10.1. The van der Waals surface area contributed by atoms with Gasteiger partial charge in [0.2, 0.25) is 0 Å². The minimum Gasteiger partial charge on any atom is -0.378 e. The first kappa shape index (κ1) is 14.5. The van der Waals surface area contributed by atoms with E-state index in [9.17, 15) is 9.18 Å². The van der Waals surface area contributed by atoms with Crippen LogP contribution in [-0.4, -0.2) is 32.2 Å². The van der Waals surface area contributed by atoms with Crippen molar-refractivity contribution in [3.8, 4) is 0 Å². The van der Waals surface area contributed by atoms with E-state index >= 15 is 0 Å². The van der Waals surface area contributed by atoms with Crippen LogP contribution >= 0.6 is 0 Å². The van der Waals surface area contributed by atoms with E-state index in [-0.39, 0.29) is 11.6 Å². The highest BCUT2D eigenvalue weighted by Gasteiger charge is 2.13. The number of nitrogens with one attached hydrogen (secondary N) is 1. The molecule has 0 atom stereocenters. The summed E-state index contributed by atoms with van der Waals surface area (Å²) in [7, 11) is 0. The Kier molecular flexibility index (Phi) is 4.34. The Morgan fingerprint density at radius 3 is 2.41 bits per heavy atom. The molecule has 1 saturated heterocycles. The number of hydrogen-bond acceptors (Lipinski definition) is 3. The highest BCUT2D eigenvalue weighted by atomic mass is 19.1. The van der Waals surface area contributed by atoms with Gasteiger partial charge in [-0.3, -0.25) is 4.79 Å². The number of hydrogen-bond donors (Lipinski definition) is 1. The van der Waals surface area contributed by atoms with Crippen molar-refractivity contribution < 1.29 is 13.9 Å². The van der Waals surface area contributed by atoms with Gasteiger partial charge >= 0.3 is 0 Å². The van der Waals surface area contributed by atoms with Crippen LogP contribution in [0.15, 0.2) is 48.5 Å². The molecule has 114 valence electrons. The van der Waals surface area contributed by atoms with E-state index in [1.165, 1.54) is 12.1 Å². The van der Waals surface area contributed by atoms with Crippen molar-refractivity contribution in [3.63, 3.8) is 0 Å². The number of halogens is 1. The molecule has 0 unspecified atom stereocenters. The zero-order valence-electron chi connectivity index (χ0n) is 12.1. The second-order valence-corrected chi connectivity index (χ2v) is 5.08. The summed E-state index contributed by atoms with van der Waals surface area (Å²) in [4.78, 5) is 14.4. The molecule has 0 aromatic heterocycles. The van der Waals surface area contributed by atoms with Crippen molar-refractivity contribution in [1.82, 2.24) is 0 Å². The maximum absolute atomic E-state index is 13.5. The van der Waals surface area contributed by atoms with E-state index < -0.39 is 5.82 Å². The molecule has 5 heteroatoms. The van der Waals surface area contributed by atoms with Gasteiger partial charge in [-0.2, -0.15) is 0 Å². The molecule has 0 spiro atoms. The van der Waals surface area contributed by atoms with Gasteiger partial charge in [0.25, 0.3) is 5.91 Å². The van der Waals surface area contributed by atoms with Crippen molar-refractivity contribution in [2.24, 2.45) is 0 Å². The molecule has 4 nitrogen and oxygen atoms in total. The molecule has 2 aromatic rings. The van der Waals surface area contributed by atoms with Crippen LogP contribution < -0.4 is 10.2 Å². The van der Waals surface area contributed by atoms with Gasteiger partial charge in [0.1, 0.15) is 5.82 Å². The van der Waals surface area contributed by atoms with Gasteiger partial charge in [-0.05, 0) is 36.4 Å². The molecule has 1 aliphatic rings. The molecule has 1 aliphatic heterocycles. The molecule has 1 amide bonds. The lowest BCUT2D eigenvalue weighted by molar-refractivity contribution is 0.102. The van der Waals surface area contributed by atoms with Gasteiger partial charge in [0.15, 0.2) is 0 Å². The Labute approximate surface area is 128 Å². The van der Waals surface area contributed by atoms with Crippen molar-refractivity contribution >= 4 is 17.3 Å². The number of benzene rings is 2. The molecule has 22 heavy (non-hydrogen) atoms. The summed E-state index contributed by atoms with van der Waals surface area (Å²) in [6.45, 7) is 3.13. The van der Waals surface area contributed by atoms with Crippen LogP contribution in [0.3, 0.4) is 0 Å². The predicted octanol–water partition coefficient (Wildman–Crippen LogP) is 2.91. The average molecular weight is 300 g/mol. The second kappa shape index (κ2) is 6.58. The summed E-state index contributed by atoms with van der Waals surface area (Å²) in [5, 5.41) is 2.58. The summed E-state index contributed by atoms with van der Waals surface area (Å²) in [5.74, 6) is -0.764. The van der Waals surface area contributed by atoms with Crippen LogP contribution in [0, 0.1) is 5.82 Å². The van der Waals surface area contributed by atoms with Crippen LogP contribution in [-0.2, 0) is 4.74 Å². The van der Waals surface area contributed by atoms with E-state index in [2.05, 4.69) is 10.2 Å². The third-order valence-corrected chi connectivity index (χ3v) is 3.63. The van der Waals surface area contributed by atoms with E-state index in [1.807, 2.05) is 12.1 Å². The fourth-order valence-electron chi connectivity index (χ4n) is 2.40. The molecular weight excluding hydrogens is 283 g/mol. The molecule has 0 aliphatic carbocycles. The standard InChI is InChI=1S/C17H17FN2O2/c18-15-3-1-2-4-16(15)19-17(21)13-5-7-14(8-6-13)20-9-11-22-12-10-20/h1-8H,9-12H2,(H,19,21). The summed E-state index contributed by atoms with van der Waals surface area (Å²) in [6, 6.07) is 13.4. The molecule has 0 radical (unpaired) electrons. The quantitative estimate of drug-likeness (QED) is 0.947. The van der Waals surface area contributed by atoms with Gasteiger partial charge in [0, 0.05) is 24.3 Å². The van der Waals surface area contributed by atoms with Gasteiger partial charge in [-0.25, -0.2) is 4.39 Å². The SMILES string of the molecule is O=C(Nc1ccccc1F)c1ccc(N2CCOCC2)cc1. The molecule has 2 aromatic carbocycles. The third-order valence-electron chi connectivity index (χ3n) is 3.63. The van der Waals surface area contributed by atoms with Gasteiger partial charge in [0.05, 0.1) is 18.9 Å². The molecular formula is C17H17FN2O2. The summed E-state index contributed by atoms with van der Waals surface area (Å²) in [6.07, 6.45) is 0. The third kappa shape index (κ3) is 3.26. The molecule has 0 bridgehead atoms. The van der Waals surface area contributed by atoms with Crippen LogP contribution in [0.2, 0.25) is 0 Å². The minimum atomic E-state index is -0.444. The summed E-state index contributed by atoms with van der Waals surface area (Å²) >= 11 is 0. The first-order valence-electron chi connectivity index (χ1n) is 7.23. The Hall–Kier alpha value is -2.40. The Bertz CT molecular complexity index is 652. The molecule has 1 heterocycles. The maximum atomic E-state index is 13.5. The highest BCUT2D eigenvalue weighted by Crippen LogP contribution is 2.18. The largest absolute Gasteiger partial charge is 0.378 e. The Balaban J connectivity index is 1.69. The predicted molar refractivity (Wildman–Crippen MR) is 83.8 cm³/mol. The van der Waals surface area contributed by atoms with Crippen LogP contribution in [0.5, 0.6) is 0 Å². The van der Waals surface area contributed by atoms with E-state index in [4.69, 9.17) is 4.74 Å². The van der Waals surface area contributed by atoms with Crippen molar-refractivity contribution in [2.75, 3.05) is 36.5 Å². The highest BCUT2D eigenvalue weighted by molar-refractivity contribution is 6.04. The normalized spacial score (nSPS) is 14.7. The minimum absolute atomic E-state index is 0.185. The summed E-state index contributed by atoms with van der Waals surface area (Å²) < 4.78 is 18.9. The number of amides is 1. The lowest BCUT2D eigenvalue weighted by Gasteiger charge is -2.28. The monoisotopic (exact) mass is 300 g/mol. The number of carbonyl (C=O) groups excluding carboxylic acids is 1. The van der Waals surface area contributed by atoms with Crippen LogP contribution in [0.1, 0.15) is 10.4 Å². The second-order valence-electron chi connectivity index (χ2n) is 5.08. The number of nitrogens with zero attached hydrogens (tertiary/aromatic N) is 1. The van der Waals surface area contributed by atoms with Gasteiger partial charge in [-0.15, -0.1) is 0 Å². The fourth-order valence-corrected chi connectivity index (χ4v) is 2.40. The van der Waals surface area contributed by atoms with Crippen molar-refractivity contribution in [2.45, 2.75) is 0 Å². The Morgan fingerprint density at radius 1 is 1.05 bits per heavy atom. The maximum Gasteiger partial charge on any atom is 0.255 e. The van der Waals surface area contributed by atoms with Gasteiger partial charge in [-0.1, -0.05) is 12.1 Å². The summed E-state index contributed by atoms with van der Waals surface area (Å²) in [5.41, 5.74) is 1.75. The van der Waals surface area contributed by atoms with E-state index in [0.717, 1.165) is 32.0 Å². The average Bonchev–Trinajstić information content (AvgIpc) is 2.58. The van der Waals surface area contributed by atoms with Crippen LogP contribution in [0.4, 0.5) is 15.8 Å². The molecule has 0 saturated carbocycles. The number of anilines is 2. The fraction of sp³-hybridized carbons (Fsp3) is 0.235. The number of rotatable bonds is 3. The van der Waals surface area contributed by atoms with Crippen molar-refractivity contribution in [3.05, 3.63) is 59.9 Å². The van der Waals surface area contributed by atoms with E-state index in [1.54, 1.807) is 24.3 Å². The zero-order valence-corrected chi connectivity index (χ0v) is 12.1. The molecule has 1 N–H and O–H groups in total. The number of para-hydroxylation sites is 1. The lowest BCUT2D eigenvalue weighted by Crippen LogP contribution is -2.36. The van der Waals surface area contributed by atoms with Crippen molar-refractivity contribution in [1.29, 1.82) is 0 Å². The topological polar surface area (TPSA) is 41.6 Å².